The van der Waals surface area contributed by atoms with Gasteiger partial charge in [-0.1, -0.05) is 41.5 Å². The van der Waals surface area contributed by atoms with E-state index in [4.69, 9.17) is 19.0 Å². The van der Waals surface area contributed by atoms with Gasteiger partial charge in [-0.3, -0.25) is 14.5 Å². The standard InChI is InChI=1S/C23H45N3O5Si2/c1-22(2,3)32(7,8)29-16-18-17(31-33(9,10)23(4,5)6)15-20(30-18)26-12-11-19(24)25(13-14-27)21(26)28/h11-12,17-18,20,24,27H,13-16H2,1-10H3/t17-,18+,20+/m0/s1. The van der Waals surface area contributed by atoms with Crippen molar-refractivity contribution < 1.29 is 18.7 Å². The first-order chi connectivity index (χ1) is 14.9. The Morgan fingerprint density at radius 3 is 2.21 bits per heavy atom. The summed E-state index contributed by atoms with van der Waals surface area (Å²) in [6, 6.07) is 1.56. The lowest BCUT2D eigenvalue weighted by atomic mass is 10.2. The van der Waals surface area contributed by atoms with Gasteiger partial charge in [-0.15, -0.1) is 0 Å². The molecular weight excluding hydrogens is 454 g/mol. The lowest BCUT2D eigenvalue weighted by Crippen LogP contribution is -2.48. The number of rotatable bonds is 8. The largest absolute Gasteiger partial charge is 0.414 e. The second-order valence-electron chi connectivity index (χ2n) is 12.1. The summed E-state index contributed by atoms with van der Waals surface area (Å²) in [5.74, 6) is 0. The molecule has 0 aliphatic carbocycles. The van der Waals surface area contributed by atoms with Gasteiger partial charge >= 0.3 is 5.69 Å². The molecule has 0 aromatic carbocycles. The number of nitrogens with one attached hydrogen (secondary N) is 1. The Balaban J connectivity index is 2.36. The summed E-state index contributed by atoms with van der Waals surface area (Å²) in [7, 11) is -4.07. The third kappa shape index (κ3) is 6.34. The third-order valence-electron chi connectivity index (χ3n) is 7.62. The smallest absolute Gasteiger partial charge is 0.331 e. The van der Waals surface area contributed by atoms with Crippen LogP contribution in [-0.2, 0) is 20.1 Å². The molecule has 1 aromatic rings. The zero-order valence-electron chi connectivity index (χ0n) is 22.2. The molecule has 2 N–H and O–H groups in total. The maximum absolute atomic E-state index is 13.0. The van der Waals surface area contributed by atoms with E-state index in [1.54, 1.807) is 12.3 Å². The second kappa shape index (κ2) is 9.90. The van der Waals surface area contributed by atoms with Gasteiger partial charge in [0.1, 0.15) is 17.8 Å². The average Bonchev–Trinajstić information content (AvgIpc) is 3.03. The van der Waals surface area contributed by atoms with Gasteiger partial charge in [0.15, 0.2) is 16.6 Å². The maximum atomic E-state index is 13.0. The number of ether oxygens (including phenoxy) is 1. The number of nitrogens with zero attached hydrogens (tertiary/aromatic N) is 2. The van der Waals surface area contributed by atoms with Crippen molar-refractivity contribution in [1.29, 1.82) is 5.41 Å². The number of aliphatic hydroxyl groups is 1. The van der Waals surface area contributed by atoms with Crippen molar-refractivity contribution in [2.45, 2.75) is 109 Å². The SMILES string of the molecule is CC(C)(C)[Si](C)(C)OC[C@H]1O[C@@H](n2ccc(=N)n(CCO)c2=O)C[C@@H]1O[Si](C)(C)C(C)(C)C. The second-order valence-corrected chi connectivity index (χ2v) is 21.7. The van der Waals surface area contributed by atoms with Crippen molar-refractivity contribution in [3.8, 4) is 0 Å². The predicted octanol–water partition coefficient (Wildman–Crippen LogP) is 3.82. The fraction of sp³-hybridized carbons (Fsp3) is 0.826. The highest BCUT2D eigenvalue weighted by molar-refractivity contribution is 6.74. The first-order valence-electron chi connectivity index (χ1n) is 11.9. The summed E-state index contributed by atoms with van der Waals surface area (Å²) < 4.78 is 22.4. The predicted molar refractivity (Wildman–Crippen MR) is 135 cm³/mol. The van der Waals surface area contributed by atoms with Crippen molar-refractivity contribution in [1.82, 2.24) is 9.13 Å². The van der Waals surface area contributed by atoms with E-state index in [9.17, 15) is 9.90 Å². The molecule has 3 atom stereocenters. The van der Waals surface area contributed by atoms with E-state index in [-0.39, 0.29) is 46.6 Å². The Bertz CT molecular complexity index is 928. The molecular formula is C23H45N3O5Si2. The van der Waals surface area contributed by atoms with Gasteiger partial charge in [-0.2, -0.15) is 0 Å². The number of aliphatic hydroxyl groups excluding tert-OH is 1. The highest BCUT2D eigenvalue weighted by atomic mass is 28.4. The van der Waals surface area contributed by atoms with Gasteiger partial charge in [-0.05, 0) is 42.3 Å². The van der Waals surface area contributed by atoms with Crippen LogP contribution in [0.4, 0.5) is 0 Å². The molecule has 10 heteroatoms. The normalized spacial score (nSPS) is 22.7. The average molecular weight is 500 g/mol. The Morgan fingerprint density at radius 1 is 1.12 bits per heavy atom. The summed E-state index contributed by atoms with van der Waals surface area (Å²) in [5, 5.41) is 17.4. The van der Waals surface area contributed by atoms with Crippen LogP contribution in [0.3, 0.4) is 0 Å². The van der Waals surface area contributed by atoms with E-state index >= 15 is 0 Å². The van der Waals surface area contributed by atoms with Crippen LogP contribution in [0.5, 0.6) is 0 Å². The van der Waals surface area contributed by atoms with Gasteiger partial charge in [0.2, 0.25) is 0 Å². The van der Waals surface area contributed by atoms with Crippen LogP contribution < -0.4 is 11.2 Å². The Labute approximate surface area is 200 Å². The van der Waals surface area contributed by atoms with Crippen LogP contribution in [0, 0.1) is 5.41 Å². The fourth-order valence-corrected chi connectivity index (χ4v) is 5.66. The van der Waals surface area contributed by atoms with Crippen LogP contribution in [0.25, 0.3) is 0 Å². The molecule has 1 aliphatic heterocycles. The molecule has 33 heavy (non-hydrogen) atoms. The topological polar surface area (TPSA) is 98.7 Å². The summed E-state index contributed by atoms with van der Waals surface area (Å²) in [5.41, 5.74) is -0.297. The van der Waals surface area contributed by atoms with Crippen LogP contribution in [0.2, 0.25) is 36.3 Å². The molecule has 0 bridgehead atoms. The third-order valence-corrected chi connectivity index (χ3v) is 16.6. The molecule has 0 amide bonds. The van der Waals surface area contributed by atoms with E-state index in [2.05, 4.69) is 67.7 Å². The van der Waals surface area contributed by atoms with Crippen LogP contribution in [-0.4, -0.2) is 56.3 Å². The Morgan fingerprint density at radius 2 is 1.70 bits per heavy atom. The molecule has 2 rings (SSSR count). The fourth-order valence-electron chi connectivity index (χ4n) is 3.29. The molecule has 1 fully saturated rings. The van der Waals surface area contributed by atoms with Gasteiger partial charge in [0, 0.05) is 12.6 Å². The van der Waals surface area contributed by atoms with Gasteiger partial charge in [0.05, 0.1) is 25.9 Å². The summed E-state index contributed by atoms with van der Waals surface area (Å²) in [4.78, 5) is 13.0. The van der Waals surface area contributed by atoms with Gasteiger partial charge in [-0.25, -0.2) is 4.79 Å². The Kier molecular flexibility index (Phi) is 8.46. The minimum atomic E-state index is -2.08. The highest BCUT2D eigenvalue weighted by Crippen LogP contribution is 2.42. The van der Waals surface area contributed by atoms with Crippen LogP contribution in [0.15, 0.2) is 17.1 Å². The zero-order chi connectivity index (χ0) is 25.4. The molecule has 0 radical (unpaired) electrons. The first kappa shape index (κ1) is 28.2. The lowest BCUT2D eigenvalue weighted by Gasteiger charge is -2.40. The van der Waals surface area contributed by atoms with E-state index < -0.39 is 22.9 Å². The van der Waals surface area contributed by atoms with Gasteiger partial charge < -0.3 is 18.7 Å². The van der Waals surface area contributed by atoms with Gasteiger partial charge in [0.25, 0.3) is 0 Å². The van der Waals surface area contributed by atoms with E-state index in [1.165, 1.54) is 9.13 Å². The summed E-state index contributed by atoms with van der Waals surface area (Å²) >= 11 is 0. The number of hydrogen-bond acceptors (Lipinski definition) is 6. The molecule has 1 saturated heterocycles. The molecule has 0 spiro atoms. The molecule has 0 unspecified atom stereocenters. The molecule has 0 saturated carbocycles. The Hall–Kier alpha value is -1.05. The number of hydrogen-bond donors (Lipinski definition) is 2. The molecule has 2 heterocycles. The zero-order valence-corrected chi connectivity index (χ0v) is 24.2. The molecule has 190 valence electrons. The minimum Gasteiger partial charge on any atom is -0.414 e. The molecule has 8 nitrogen and oxygen atoms in total. The number of aromatic nitrogens is 2. The molecule has 1 aromatic heterocycles. The van der Waals surface area contributed by atoms with Crippen molar-refractivity contribution in [2.75, 3.05) is 13.2 Å². The van der Waals surface area contributed by atoms with Crippen molar-refractivity contribution in [3.05, 3.63) is 28.2 Å². The van der Waals surface area contributed by atoms with Crippen molar-refractivity contribution in [3.63, 3.8) is 0 Å². The highest BCUT2D eigenvalue weighted by Gasteiger charge is 2.46. The molecule has 1 aliphatic rings. The van der Waals surface area contributed by atoms with Crippen molar-refractivity contribution >= 4 is 16.6 Å². The van der Waals surface area contributed by atoms with E-state index in [0.29, 0.717) is 13.0 Å². The van der Waals surface area contributed by atoms with Crippen LogP contribution in [0.1, 0.15) is 54.2 Å². The van der Waals surface area contributed by atoms with Crippen molar-refractivity contribution in [2.24, 2.45) is 0 Å². The quantitative estimate of drug-likeness (QED) is 0.530. The maximum Gasteiger partial charge on any atom is 0.331 e. The van der Waals surface area contributed by atoms with E-state index in [0.717, 1.165) is 0 Å². The van der Waals surface area contributed by atoms with Crippen LogP contribution >= 0.6 is 0 Å². The monoisotopic (exact) mass is 499 g/mol. The first-order valence-corrected chi connectivity index (χ1v) is 17.7. The van der Waals surface area contributed by atoms with E-state index in [1.807, 2.05) is 0 Å². The minimum absolute atomic E-state index is 0.0454. The summed E-state index contributed by atoms with van der Waals surface area (Å²) in [6.45, 7) is 22.5. The summed E-state index contributed by atoms with van der Waals surface area (Å²) in [6.07, 6.45) is 1.16. The lowest BCUT2D eigenvalue weighted by molar-refractivity contribution is -0.0417.